The fourth-order valence-electron chi connectivity index (χ4n) is 2.94. The standard InChI is InChI=1S/C14H21N3O2S/c15-14-6-9-16(10-7-14)20(18,19)17-8-5-12-3-1-2-4-13(12)11-17/h1-4,14H,5-11,15H2. The third-order valence-corrected chi connectivity index (χ3v) is 6.23. The van der Waals surface area contributed by atoms with Gasteiger partial charge in [-0.15, -0.1) is 0 Å². The molecule has 0 aromatic heterocycles. The van der Waals surface area contributed by atoms with E-state index in [1.165, 1.54) is 5.56 Å². The first-order chi connectivity index (χ1) is 9.57. The zero-order valence-electron chi connectivity index (χ0n) is 11.5. The zero-order valence-corrected chi connectivity index (χ0v) is 12.3. The molecule has 6 heteroatoms. The molecule has 110 valence electrons. The second kappa shape index (κ2) is 5.44. The molecule has 0 unspecified atom stereocenters. The van der Waals surface area contributed by atoms with Gasteiger partial charge in [-0.25, -0.2) is 0 Å². The van der Waals surface area contributed by atoms with Gasteiger partial charge in [-0.05, 0) is 30.4 Å². The highest BCUT2D eigenvalue weighted by Gasteiger charge is 2.33. The van der Waals surface area contributed by atoms with Crippen LogP contribution in [0.5, 0.6) is 0 Å². The summed E-state index contributed by atoms with van der Waals surface area (Å²) in [5.74, 6) is 0. The molecule has 1 aromatic rings. The molecular formula is C14H21N3O2S. The van der Waals surface area contributed by atoms with E-state index in [1.807, 2.05) is 18.2 Å². The Balaban J connectivity index is 1.76. The highest BCUT2D eigenvalue weighted by atomic mass is 32.2. The first-order valence-electron chi connectivity index (χ1n) is 7.15. The van der Waals surface area contributed by atoms with E-state index in [2.05, 4.69) is 6.07 Å². The van der Waals surface area contributed by atoms with Crippen molar-refractivity contribution in [1.29, 1.82) is 0 Å². The summed E-state index contributed by atoms with van der Waals surface area (Å²) in [5.41, 5.74) is 8.23. The lowest BCUT2D eigenvalue weighted by atomic mass is 10.0. The van der Waals surface area contributed by atoms with Gasteiger partial charge in [0, 0.05) is 32.2 Å². The molecule has 0 spiro atoms. The minimum Gasteiger partial charge on any atom is -0.328 e. The molecule has 0 saturated carbocycles. The van der Waals surface area contributed by atoms with E-state index in [9.17, 15) is 8.42 Å². The Morgan fingerprint density at radius 2 is 1.65 bits per heavy atom. The molecular weight excluding hydrogens is 274 g/mol. The maximum atomic E-state index is 12.7. The topological polar surface area (TPSA) is 66.6 Å². The van der Waals surface area contributed by atoms with Gasteiger partial charge in [0.2, 0.25) is 0 Å². The molecule has 2 aliphatic rings. The van der Waals surface area contributed by atoms with E-state index in [0.717, 1.165) is 24.8 Å². The Kier molecular flexibility index (Phi) is 3.81. The Morgan fingerprint density at radius 3 is 2.35 bits per heavy atom. The molecule has 0 bridgehead atoms. The fraction of sp³-hybridized carbons (Fsp3) is 0.571. The summed E-state index contributed by atoms with van der Waals surface area (Å²) in [6.45, 7) is 2.15. The van der Waals surface area contributed by atoms with Gasteiger partial charge in [-0.2, -0.15) is 17.0 Å². The second-order valence-electron chi connectivity index (χ2n) is 5.60. The molecule has 1 saturated heterocycles. The maximum Gasteiger partial charge on any atom is 0.282 e. The zero-order chi connectivity index (χ0) is 14.2. The summed E-state index contributed by atoms with van der Waals surface area (Å²) in [6, 6.07) is 8.22. The van der Waals surface area contributed by atoms with Crippen molar-refractivity contribution < 1.29 is 8.42 Å². The highest BCUT2D eigenvalue weighted by molar-refractivity contribution is 7.86. The number of nitrogens with zero attached hydrogens (tertiary/aromatic N) is 2. The summed E-state index contributed by atoms with van der Waals surface area (Å²) in [7, 11) is -3.34. The number of nitrogens with two attached hydrogens (primary N) is 1. The molecule has 3 rings (SSSR count). The van der Waals surface area contributed by atoms with Gasteiger partial charge in [0.1, 0.15) is 0 Å². The first kappa shape index (κ1) is 14.0. The lowest BCUT2D eigenvalue weighted by molar-refractivity contribution is 0.281. The van der Waals surface area contributed by atoms with Gasteiger partial charge in [-0.1, -0.05) is 24.3 Å². The molecule has 1 fully saturated rings. The average Bonchev–Trinajstić information content (AvgIpc) is 2.47. The van der Waals surface area contributed by atoms with Crippen LogP contribution in [0.4, 0.5) is 0 Å². The van der Waals surface area contributed by atoms with Crippen molar-refractivity contribution in [3.8, 4) is 0 Å². The van der Waals surface area contributed by atoms with Crippen molar-refractivity contribution in [2.75, 3.05) is 19.6 Å². The van der Waals surface area contributed by atoms with E-state index in [0.29, 0.717) is 26.2 Å². The number of benzene rings is 1. The van der Waals surface area contributed by atoms with E-state index in [4.69, 9.17) is 5.73 Å². The van der Waals surface area contributed by atoms with Crippen LogP contribution in [0.1, 0.15) is 24.0 Å². The summed E-state index contributed by atoms with van der Waals surface area (Å²) >= 11 is 0. The van der Waals surface area contributed by atoms with Crippen LogP contribution in [0.25, 0.3) is 0 Å². The number of rotatable bonds is 2. The molecule has 0 radical (unpaired) electrons. The predicted octanol–water partition coefficient (Wildman–Crippen LogP) is 0.713. The Bertz CT molecular complexity index is 580. The third kappa shape index (κ3) is 2.61. The summed E-state index contributed by atoms with van der Waals surface area (Å²) < 4.78 is 28.5. The van der Waals surface area contributed by atoms with Gasteiger partial charge in [0.25, 0.3) is 10.2 Å². The molecule has 2 N–H and O–H groups in total. The Hall–Kier alpha value is -0.950. The highest BCUT2D eigenvalue weighted by Crippen LogP contribution is 2.24. The largest absolute Gasteiger partial charge is 0.328 e. The average molecular weight is 295 g/mol. The molecule has 2 heterocycles. The molecule has 5 nitrogen and oxygen atoms in total. The SMILES string of the molecule is NC1CCN(S(=O)(=O)N2CCc3ccccc3C2)CC1. The van der Waals surface area contributed by atoms with Gasteiger partial charge in [0.05, 0.1) is 0 Å². The predicted molar refractivity (Wildman–Crippen MR) is 78.3 cm³/mol. The van der Waals surface area contributed by atoms with Crippen molar-refractivity contribution in [2.24, 2.45) is 5.73 Å². The van der Waals surface area contributed by atoms with Crippen LogP contribution < -0.4 is 5.73 Å². The normalized spacial score (nSPS) is 22.6. The van der Waals surface area contributed by atoms with E-state index < -0.39 is 10.2 Å². The van der Waals surface area contributed by atoms with Crippen LogP contribution >= 0.6 is 0 Å². The smallest absolute Gasteiger partial charge is 0.282 e. The molecule has 20 heavy (non-hydrogen) atoms. The number of hydrogen-bond donors (Lipinski definition) is 1. The second-order valence-corrected chi connectivity index (χ2v) is 7.52. The van der Waals surface area contributed by atoms with E-state index in [-0.39, 0.29) is 6.04 Å². The number of hydrogen-bond acceptors (Lipinski definition) is 3. The van der Waals surface area contributed by atoms with Gasteiger partial charge in [-0.3, -0.25) is 0 Å². The van der Waals surface area contributed by atoms with Crippen LogP contribution in [0.3, 0.4) is 0 Å². The molecule has 2 aliphatic heterocycles. The quantitative estimate of drug-likeness (QED) is 0.874. The fourth-order valence-corrected chi connectivity index (χ4v) is 4.56. The van der Waals surface area contributed by atoms with E-state index >= 15 is 0 Å². The van der Waals surface area contributed by atoms with Crippen LogP contribution in [-0.4, -0.2) is 42.7 Å². The van der Waals surface area contributed by atoms with Crippen molar-refractivity contribution in [2.45, 2.75) is 31.8 Å². The molecule has 0 amide bonds. The Labute approximate surface area is 120 Å². The van der Waals surface area contributed by atoms with Crippen molar-refractivity contribution in [1.82, 2.24) is 8.61 Å². The van der Waals surface area contributed by atoms with Gasteiger partial charge < -0.3 is 5.73 Å². The maximum absolute atomic E-state index is 12.7. The van der Waals surface area contributed by atoms with Crippen LogP contribution in [-0.2, 0) is 23.2 Å². The lowest BCUT2D eigenvalue weighted by Crippen LogP contribution is -2.50. The van der Waals surface area contributed by atoms with Crippen molar-refractivity contribution in [3.05, 3.63) is 35.4 Å². The third-order valence-electron chi connectivity index (χ3n) is 4.25. The van der Waals surface area contributed by atoms with Crippen molar-refractivity contribution in [3.63, 3.8) is 0 Å². The van der Waals surface area contributed by atoms with E-state index in [1.54, 1.807) is 8.61 Å². The van der Waals surface area contributed by atoms with Crippen LogP contribution in [0, 0.1) is 0 Å². The first-order valence-corrected chi connectivity index (χ1v) is 8.54. The molecule has 1 aromatic carbocycles. The summed E-state index contributed by atoms with van der Waals surface area (Å²) in [4.78, 5) is 0. The number of piperidine rings is 1. The van der Waals surface area contributed by atoms with Crippen LogP contribution in [0.15, 0.2) is 24.3 Å². The molecule has 0 atom stereocenters. The lowest BCUT2D eigenvalue weighted by Gasteiger charge is -2.35. The summed E-state index contributed by atoms with van der Waals surface area (Å²) in [6.07, 6.45) is 2.30. The minimum absolute atomic E-state index is 0.142. The molecule has 0 aliphatic carbocycles. The van der Waals surface area contributed by atoms with Gasteiger partial charge >= 0.3 is 0 Å². The van der Waals surface area contributed by atoms with Crippen molar-refractivity contribution >= 4 is 10.2 Å². The number of fused-ring (bicyclic) bond motifs is 1. The Morgan fingerprint density at radius 1 is 1.00 bits per heavy atom. The monoisotopic (exact) mass is 295 g/mol. The van der Waals surface area contributed by atoms with Crippen LogP contribution in [0.2, 0.25) is 0 Å². The minimum atomic E-state index is -3.34. The van der Waals surface area contributed by atoms with Gasteiger partial charge in [0.15, 0.2) is 0 Å². The summed E-state index contributed by atoms with van der Waals surface area (Å²) in [5, 5.41) is 0.